The van der Waals surface area contributed by atoms with Crippen LogP contribution in [-0.2, 0) is 16.6 Å². The third kappa shape index (κ3) is 3.15. The molecule has 0 amide bonds. The molecular formula is C14H13Cl2NO2S. The van der Waals surface area contributed by atoms with E-state index in [1.54, 1.807) is 6.07 Å². The van der Waals surface area contributed by atoms with Gasteiger partial charge in [-0.1, -0.05) is 59.6 Å². The van der Waals surface area contributed by atoms with Crippen molar-refractivity contribution in [1.82, 2.24) is 4.31 Å². The van der Waals surface area contributed by atoms with Crippen LogP contribution in [0.2, 0.25) is 10.0 Å². The van der Waals surface area contributed by atoms with Gasteiger partial charge < -0.3 is 0 Å². The van der Waals surface area contributed by atoms with Gasteiger partial charge in [-0.3, -0.25) is 0 Å². The van der Waals surface area contributed by atoms with Gasteiger partial charge in [-0.05, 0) is 17.7 Å². The van der Waals surface area contributed by atoms with Gasteiger partial charge in [0.2, 0.25) is 10.0 Å². The van der Waals surface area contributed by atoms with Crippen LogP contribution in [0.1, 0.15) is 5.56 Å². The number of benzene rings is 2. The van der Waals surface area contributed by atoms with E-state index in [-0.39, 0.29) is 21.5 Å². The summed E-state index contributed by atoms with van der Waals surface area (Å²) in [6.07, 6.45) is 0. The second kappa shape index (κ2) is 6.14. The largest absolute Gasteiger partial charge is 0.246 e. The minimum Gasteiger partial charge on any atom is -0.207 e. The second-order valence-electron chi connectivity index (χ2n) is 4.30. The van der Waals surface area contributed by atoms with Crippen molar-refractivity contribution in [2.24, 2.45) is 0 Å². The topological polar surface area (TPSA) is 37.4 Å². The van der Waals surface area contributed by atoms with Gasteiger partial charge in [0.15, 0.2) is 0 Å². The van der Waals surface area contributed by atoms with Gasteiger partial charge in [0.05, 0.1) is 10.0 Å². The number of hydrogen-bond donors (Lipinski definition) is 0. The molecule has 3 nitrogen and oxygen atoms in total. The Labute approximate surface area is 128 Å². The number of rotatable bonds is 4. The summed E-state index contributed by atoms with van der Waals surface area (Å²) >= 11 is 11.9. The fourth-order valence-corrected chi connectivity index (χ4v) is 4.05. The van der Waals surface area contributed by atoms with Crippen molar-refractivity contribution in [1.29, 1.82) is 0 Å². The predicted octanol–water partition coefficient (Wildman–Crippen LogP) is 3.81. The molecule has 0 N–H and O–H groups in total. The molecule has 0 aromatic heterocycles. The van der Waals surface area contributed by atoms with Crippen molar-refractivity contribution in [3.8, 4) is 0 Å². The molecule has 0 radical (unpaired) electrons. The predicted molar refractivity (Wildman–Crippen MR) is 81.6 cm³/mol. The Morgan fingerprint density at radius 3 is 2.05 bits per heavy atom. The van der Waals surface area contributed by atoms with Crippen molar-refractivity contribution in [2.75, 3.05) is 7.05 Å². The fraction of sp³-hybridized carbons (Fsp3) is 0.143. The van der Waals surface area contributed by atoms with Crippen LogP contribution in [0.5, 0.6) is 0 Å². The molecule has 20 heavy (non-hydrogen) atoms. The van der Waals surface area contributed by atoms with Crippen LogP contribution in [0, 0.1) is 0 Å². The average molecular weight is 330 g/mol. The van der Waals surface area contributed by atoms with Crippen molar-refractivity contribution in [3.63, 3.8) is 0 Å². The molecule has 0 atom stereocenters. The minimum absolute atomic E-state index is 0.0539. The summed E-state index contributed by atoms with van der Waals surface area (Å²) in [7, 11) is -2.23. The fourth-order valence-electron chi connectivity index (χ4n) is 1.81. The highest BCUT2D eigenvalue weighted by molar-refractivity contribution is 7.89. The molecule has 0 aliphatic carbocycles. The van der Waals surface area contributed by atoms with Crippen molar-refractivity contribution >= 4 is 33.2 Å². The molecule has 0 heterocycles. The van der Waals surface area contributed by atoms with E-state index in [1.807, 2.05) is 30.3 Å². The molecule has 0 aliphatic rings. The maximum atomic E-state index is 12.5. The lowest BCUT2D eigenvalue weighted by Crippen LogP contribution is -2.27. The van der Waals surface area contributed by atoms with Crippen LogP contribution < -0.4 is 0 Å². The summed E-state index contributed by atoms with van der Waals surface area (Å²) in [6, 6.07) is 14.0. The minimum atomic E-state index is -3.73. The summed E-state index contributed by atoms with van der Waals surface area (Å²) < 4.78 is 26.3. The van der Waals surface area contributed by atoms with Crippen LogP contribution in [0.4, 0.5) is 0 Å². The number of halogens is 2. The Kier molecular flexibility index (Phi) is 4.70. The summed E-state index contributed by atoms with van der Waals surface area (Å²) in [5.74, 6) is 0. The van der Waals surface area contributed by atoms with E-state index in [0.29, 0.717) is 0 Å². The molecule has 0 unspecified atom stereocenters. The molecule has 2 aromatic rings. The second-order valence-corrected chi connectivity index (χ2v) is 7.09. The first-order chi connectivity index (χ1) is 9.43. The van der Waals surface area contributed by atoms with Crippen molar-refractivity contribution < 1.29 is 8.42 Å². The lowest BCUT2D eigenvalue weighted by Gasteiger charge is -2.18. The van der Waals surface area contributed by atoms with Gasteiger partial charge >= 0.3 is 0 Å². The third-order valence-corrected chi connectivity index (χ3v) is 5.59. The van der Waals surface area contributed by atoms with Gasteiger partial charge in [0.25, 0.3) is 0 Å². The molecule has 0 bridgehead atoms. The molecular weight excluding hydrogens is 317 g/mol. The Bertz CT molecular complexity index is 682. The van der Waals surface area contributed by atoms with E-state index < -0.39 is 10.0 Å². The van der Waals surface area contributed by atoms with E-state index in [0.717, 1.165) is 5.56 Å². The van der Waals surface area contributed by atoms with Crippen molar-refractivity contribution in [3.05, 3.63) is 64.1 Å². The van der Waals surface area contributed by atoms with E-state index in [4.69, 9.17) is 23.2 Å². The zero-order valence-electron chi connectivity index (χ0n) is 10.8. The molecule has 106 valence electrons. The van der Waals surface area contributed by atoms with Gasteiger partial charge in [0.1, 0.15) is 4.90 Å². The van der Waals surface area contributed by atoms with E-state index in [2.05, 4.69) is 0 Å². The summed E-state index contributed by atoms with van der Waals surface area (Å²) in [5, 5.41) is 0.245. The van der Waals surface area contributed by atoms with Crippen LogP contribution in [0.25, 0.3) is 0 Å². The third-order valence-electron chi connectivity index (χ3n) is 2.84. The highest BCUT2D eigenvalue weighted by Gasteiger charge is 2.26. The SMILES string of the molecule is CN(Cc1ccccc1)S(=O)(=O)c1c(Cl)cccc1Cl. The molecule has 0 spiro atoms. The molecule has 0 fully saturated rings. The maximum Gasteiger partial charge on any atom is 0.246 e. The molecule has 6 heteroatoms. The zero-order valence-corrected chi connectivity index (χ0v) is 13.1. The van der Waals surface area contributed by atoms with Crippen molar-refractivity contribution in [2.45, 2.75) is 11.4 Å². The summed E-state index contributed by atoms with van der Waals surface area (Å²) in [4.78, 5) is -0.0539. The Hall–Kier alpha value is -1.07. The molecule has 2 aromatic carbocycles. The van der Waals surface area contributed by atoms with E-state index in [9.17, 15) is 8.42 Å². The molecule has 0 saturated heterocycles. The normalized spacial score (nSPS) is 11.8. The Morgan fingerprint density at radius 1 is 0.950 bits per heavy atom. The number of hydrogen-bond acceptors (Lipinski definition) is 2. The van der Waals surface area contributed by atoms with E-state index >= 15 is 0 Å². The van der Waals surface area contributed by atoms with Crippen LogP contribution in [-0.4, -0.2) is 19.8 Å². The lowest BCUT2D eigenvalue weighted by atomic mass is 10.2. The maximum absolute atomic E-state index is 12.5. The van der Waals surface area contributed by atoms with Gasteiger partial charge in [-0.25, -0.2) is 8.42 Å². The first kappa shape index (κ1) is 15.3. The quantitative estimate of drug-likeness (QED) is 0.855. The zero-order chi connectivity index (χ0) is 14.8. The van der Waals surface area contributed by atoms with Crippen LogP contribution in [0.3, 0.4) is 0 Å². The summed E-state index contributed by atoms with van der Waals surface area (Å²) in [6.45, 7) is 0.255. The van der Waals surface area contributed by atoms with E-state index in [1.165, 1.54) is 23.5 Å². The average Bonchev–Trinajstić information content (AvgIpc) is 2.39. The highest BCUT2D eigenvalue weighted by Crippen LogP contribution is 2.31. The first-order valence-electron chi connectivity index (χ1n) is 5.87. The standard InChI is InChI=1S/C14H13Cl2NO2S/c1-17(10-11-6-3-2-4-7-11)20(18,19)14-12(15)8-5-9-13(14)16/h2-9H,10H2,1H3. The molecule has 0 aliphatic heterocycles. The van der Waals surface area contributed by atoms with Gasteiger partial charge in [0, 0.05) is 13.6 Å². The number of nitrogens with zero attached hydrogens (tertiary/aromatic N) is 1. The molecule has 0 saturated carbocycles. The number of sulfonamides is 1. The Morgan fingerprint density at radius 2 is 1.50 bits per heavy atom. The Balaban J connectivity index is 2.35. The highest BCUT2D eigenvalue weighted by atomic mass is 35.5. The molecule has 2 rings (SSSR count). The summed E-state index contributed by atoms with van der Waals surface area (Å²) in [5.41, 5.74) is 0.891. The van der Waals surface area contributed by atoms with Crippen LogP contribution in [0.15, 0.2) is 53.4 Å². The monoisotopic (exact) mass is 329 g/mol. The first-order valence-corrected chi connectivity index (χ1v) is 8.07. The smallest absolute Gasteiger partial charge is 0.207 e. The van der Waals surface area contributed by atoms with Gasteiger partial charge in [-0.15, -0.1) is 0 Å². The lowest BCUT2D eigenvalue weighted by molar-refractivity contribution is 0.467. The van der Waals surface area contributed by atoms with Crippen LogP contribution >= 0.6 is 23.2 Å². The van der Waals surface area contributed by atoms with Gasteiger partial charge in [-0.2, -0.15) is 4.31 Å².